The number of rotatable bonds is 13. The fourth-order valence-electron chi connectivity index (χ4n) is 5.56. The minimum absolute atomic E-state index is 0.0722. The van der Waals surface area contributed by atoms with E-state index in [1.807, 2.05) is 48.3 Å². The van der Waals surface area contributed by atoms with Crippen LogP contribution in [-0.4, -0.2) is 59.7 Å². The molecule has 0 saturated heterocycles. The van der Waals surface area contributed by atoms with Gasteiger partial charge in [0.05, 0.1) is 5.69 Å². The molecule has 1 aliphatic heterocycles. The van der Waals surface area contributed by atoms with Gasteiger partial charge in [-0.25, -0.2) is 0 Å². The van der Waals surface area contributed by atoms with E-state index in [1.165, 1.54) is 0 Å². The molecule has 0 aromatic heterocycles. The highest BCUT2D eigenvalue weighted by molar-refractivity contribution is 6.04. The molecule has 242 valence electrons. The number of anilines is 2. The Balaban J connectivity index is 1.14. The molecule has 10 nitrogen and oxygen atoms in total. The van der Waals surface area contributed by atoms with Crippen molar-refractivity contribution in [1.82, 2.24) is 9.80 Å². The number of hydrogen-bond donors (Lipinski definition) is 3. The summed E-state index contributed by atoms with van der Waals surface area (Å²) in [6.07, 6.45) is 4.18. The van der Waals surface area contributed by atoms with Gasteiger partial charge in [0.15, 0.2) is 6.61 Å². The molecule has 4 amide bonds. The van der Waals surface area contributed by atoms with Gasteiger partial charge >= 0.3 is 0 Å². The number of benzene rings is 3. The van der Waals surface area contributed by atoms with Crippen LogP contribution in [0.15, 0.2) is 66.7 Å². The minimum Gasteiger partial charge on any atom is -0.482 e. The maximum Gasteiger partial charge on any atom is 0.262 e. The van der Waals surface area contributed by atoms with E-state index < -0.39 is 0 Å². The third kappa shape index (κ3) is 8.51. The average Bonchev–Trinajstić information content (AvgIpc) is 3.88. The summed E-state index contributed by atoms with van der Waals surface area (Å²) in [5, 5.41) is 5.68. The summed E-state index contributed by atoms with van der Waals surface area (Å²) in [5.74, 6) is 0.0311. The van der Waals surface area contributed by atoms with E-state index in [2.05, 4.69) is 24.5 Å². The molecular formula is C36H43N5O5. The van der Waals surface area contributed by atoms with Crippen molar-refractivity contribution >= 4 is 35.0 Å². The Morgan fingerprint density at radius 2 is 1.61 bits per heavy atom. The van der Waals surface area contributed by atoms with Gasteiger partial charge in [-0.2, -0.15) is 0 Å². The molecule has 1 saturated carbocycles. The number of fused-ring (bicyclic) bond motifs is 1. The SMILES string of the molecule is CN(Cc1ccc(NC(=O)c2ccc(CN(C(=O)c3ccc4c(c3)OCC(=O)N4)C3CC3)cc2)cc1)C(=O)CC(C)(C)CCCN. The largest absolute Gasteiger partial charge is 0.482 e. The number of hydrogen-bond acceptors (Lipinski definition) is 6. The van der Waals surface area contributed by atoms with Crippen LogP contribution in [0.25, 0.3) is 0 Å². The van der Waals surface area contributed by atoms with Crippen LogP contribution in [0.2, 0.25) is 0 Å². The Labute approximate surface area is 270 Å². The molecule has 1 fully saturated rings. The third-order valence-corrected chi connectivity index (χ3v) is 8.42. The minimum atomic E-state index is -0.234. The predicted octanol–water partition coefficient (Wildman–Crippen LogP) is 5.19. The van der Waals surface area contributed by atoms with Crippen LogP contribution in [-0.2, 0) is 22.7 Å². The van der Waals surface area contributed by atoms with Crippen molar-refractivity contribution in [3.8, 4) is 5.75 Å². The Hall–Kier alpha value is -4.70. The molecule has 0 radical (unpaired) electrons. The van der Waals surface area contributed by atoms with Gasteiger partial charge in [-0.05, 0) is 91.2 Å². The number of nitrogens with two attached hydrogens (primary N) is 1. The first-order valence-corrected chi connectivity index (χ1v) is 15.8. The highest BCUT2D eigenvalue weighted by atomic mass is 16.5. The summed E-state index contributed by atoms with van der Waals surface area (Å²) < 4.78 is 5.49. The fraction of sp³-hybridized carbons (Fsp3) is 0.389. The van der Waals surface area contributed by atoms with Crippen LogP contribution in [0.5, 0.6) is 5.75 Å². The molecule has 1 heterocycles. The van der Waals surface area contributed by atoms with E-state index in [4.69, 9.17) is 10.5 Å². The number of carbonyl (C=O) groups is 4. The Bertz CT molecular complexity index is 1580. The van der Waals surface area contributed by atoms with E-state index in [0.29, 0.717) is 54.3 Å². The Morgan fingerprint density at radius 1 is 0.957 bits per heavy atom. The van der Waals surface area contributed by atoms with E-state index >= 15 is 0 Å². The number of carbonyl (C=O) groups excluding carboxylic acids is 4. The van der Waals surface area contributed by atoms with E-state index in [0.717, 1.165) is 36.8 Å². The lowest BCUT2D eigenvalue weighted by molar-refractivity contribution is -0.132. The molecule has 3 aromatic rings. The molecule has 0 unspecified atom stereocenters. The summed E-state index contributed by atoms with van der Waals surface area (Å²) in [6.45, 7) is 5.66. The lowest BCUT2D eigenvalue weighted by atomic mass is 9.84. The summed E-state index contributed by atoms with van der Waals surface area (Å²) in [6, 6.07) is 20.0. The zero-order valence-corrected chi connectivity index (χ0v) is 26.8. The lowest BCUT2D eigenvalue weighted by Crippen LogP contribution is -2.33. The van der Waals surface area contributed by atoms with Crippen molar-refractivity contribution < 1.29 is 23.9 Å². The van der Waals surface area contributed by atoms with Crippen molar-refractivity contribution in [3.05, 3.63) is 89.0 Å². The molecule has 1 aliphatic carbocycles. The zero-order chi connectivity index (χ0) is 32.8. The standard InChI is InChI=1S/C36H43N5O5/c1-36(2,17-4-18-37)20-33(43)40(3)21-24-7-12-28(13-8-24)38-34(44)26-9-5-25(6-10-26)22-41(29-14-15-29)35(45)27-11-16-30-31(19-27)46-23-32(42)39-30/h5-13,16,19,29H,4,14-15,17-18,20-23,37H2,1-3H3,(H,38,44)(H,39,42). The maximum absolute atomic E-state index is 13.5. The fourth-order valence-corrected chi connectivity index (χ4v) is 5.56. The van der Waals surface area contributed by atoms with Crippen LogP contribution in [0, 0.1) is 5.41 Å². The van der Waals surface area contributed by atoms with Gasteiger partial charge in [-0.3, -0.25) is 19.2 Å². The number of nitrogens with one attached hydrogen (secondary N) is 2. The lowest BCUT2D eigenvalue weighted by Gasteiger charge is -2.27. The van der Waals surface area contributed by atoms with Crippen molar-refractivity contribution in [2.24, 2.45) is 11.1 Å². The smallest absolute Gasteiger partial charge is 0.262 e. The molecule has 0 bridgehead atoms. The molecule has 46 heavy (non-hydrogen) atoms. The van der Waals surface area contributed by atoms with Crippen molar-refractivity contribution in [3.63, 3.8) is 0 Å². The molecule has 4 N–H and O–H groups in total. The highest BCUT2D eigenvalue weighted by Crippen LogP contribution is 2.33. The van der Waals surface area contributed by atoms with Crippen molar-refractivity contribution in [2.75, 3.05) is 30.8 Å². The zero-order valence-electron chi connectivity index (χ0n) is 26.8. The number of nitrogens with zero attached hydrogens (tertiary/aromatic N) is 2. The normalized spacial score (nSPS) is 14.0. The van der Waals surface area contributed by atoms with Gasteiger partial charge < -0.3 is 30.9 Å². The van der Waals surface area contributed by atoms with E-state index in [1.54, 1.807) is 35.2 Å². The third-order valence-electron chi connectivity index (χ3n) is 8.42. The molecule has 2 aliphatic rings. The van der Waals surface area contributed by atoms with Crippen molar-refractivity contribution in [1.29, 1.82) is 0 Å². The summed E-state index contributed by atoms with van der Waals surface area (Å²) in [5.41, 5.74) is 9.67. The quantitative estimate of drug-likeness (QED) is 0.240. The maximum atomic E-state index is 13.5. The molecular weight excluding hydrogens is 582 g/mol. The summed E-state index contributed by atoms with van der Waals surface area (Å²) in [4.78, 5) is 54.4. The van der Waals surface area contributed by atoms with E-state index in [-0.39, 0.29) is 41.7 Å². The highest BCUT2D eigenvalue weighted by Gasteiger charge is 2.33. The Morgan fingerprint density at radius 3 is 2.28 bits per heavy atom. The average molecular weight is 626 g/mol. The molecule has 3 aromatic carbocycles. The first kappa shape index (κ1) is 32.7. The number of ether oxygens (including phenoxy) is 1. The van der Waals surface area contributed by atoms with Gasteiger partial charge in [0, 0.05) is 49.4 Å². The second-order valence-corrected chi connectivity index (χ2v) is 13.0. The summed E-state index contributed by atoms with van der Waals surface area (Å²) in [7, 11) is 1.81. The second kappa shape index (κ2) is 14.2. The van der Waals surface area contributed by atoms with Gasteiger partial charge in [-0.1, -0.05) is 38.1 Å². The van der Waals surface area contributed by atoms with E-state index in [9.17, 15) is 19.2 Å². The molecule has 0 atom stereocenters. The first-order chi connectivity index (χ1) is 22.0. The van der Waals surface area contributed by atoms with Crippen LogP contribution in [0.1, 0.15) is 77.8 Å². The monoisotopic (exact) mass is 625 g/mol. The second-order valence-electron chi connectivity index (χ2n) is 13.0. The molecule has 10 heteroatoms. The van der Waals surface area contributed by atoms with Gasteiger partial charge in [-0.15, -0.1) is 0 Å². The van der Waals surface area contributed by atoms with Gasteiger partial charge in [0.25, 0.3) is 17.7 Å². The van der Waals surface area contributed by atoms with Gasteiger partial charge in [0.2, 0.25) is 5.91 Å². The van der Waals surface area contributed by atoms with Crippen LogP contribution < -0.4 is 21.1 Å². The van der Waals surface area contributed by atoms with Crippen LogP contribution >= 0.6 is 0 Å². The summed E-state index contributed by atoms with van der Waals surface area (Å²) >= 11 is 0. The van der Waals surface area contributed by atoms with Gasteiger partial charge in [0.1, 0.15) is 5.75 Å². The predicted molar refractivity (Wildman–Crippen MR) is 177 cm³/mol. The van der Waals surface area contributed by atoms with Crippen molar-refractivity contribution in [2.45, 2.75) is 65.1 Å². The Kier molecular flexibility index (Phi) is 10.1. The van der Waals surface area contributed by atoms with Crippen LogP contribution in [0.4, 0.5) is 11.4 Å². The first-order valence-electron chi connectivity index (χ1n) is 15.8. The molecule has 0 spiro atoms. The van der Waals surface area contributed by atoms with Crippen LogP contribution in [0.3, 0.4) is 0 Å². The molecule has 5 rings (SSSR count). The topological polar surface area (TPSA) is 134 Å². The number of amides is 4.